The summed E-state index contributed by atoms with van der Waals surface area (Å²) in [6.45, 7) is 26.5. The SMILES string of the molecule is CC(C)(C)c1ccc(Nc2cc3c(cc2-c2c4c5c(c6cc7c(cc6n5-c5cc6c(cc5[B]4)C(C)(C)c4ccccc4-6)C(C)(C)CCC7(C)C)c4c2sc2ccccc24)-c2ccccc2C3(C)C)cc1. The number of rotatable bonds is 3. The molecule has 0 saturated carbocycles. The van der Waals surface area contributed by atoms with Crippen LogP contribution in [0.25, 0.3) is 81.0 Å². The molecule has 2 nitrogen and oxygen atoms in total. The fourth-order valence-corrected chi connectivity index (χ4v) is 15.0. The number of anilines is 2. The normalized spacial score (nSPS) is 17.2. The van der Waals surface area contributed by atoms with Gasteiger partial charge in [-0.2, -0.15) is 0 Å². The number of aromatic nitrogens is 1. The van der Waals surface area contributed by atoms with Crippen LogP contribution in [0.5, 0.6) is 0 Å². The highest BCUT2D eigenvalue weighted by atomic mass is 32.1. The number of hydrogen-bond donors (Lipinski definition) is 1. The molecule has 4 heteroatoms. The van der Waals surface area contributed by atoms with Crippen molar-refractivity contribution in [1.29, 1.82) is 0 Å². The van der Waals surface area contributed by atoms with E-state index in [0.717, 1.165) is 11.4 Å². The second kappa shape index (κ2) is 13.7. The van der Waals surface area contributed by atoms with E-state index in [9.17, 15) is 0 Å². The molecular formula is C66H60BN2S. The molecule has 70 heavy (non-hydrogen) atoms. The van der Waals surface area contributed by atoms with Crippen molar-refractivity contribution in [3.63, 3.8) is 0 Å². The van der Waals surface area contributed by atoms with Crippen LogP contribution in [0, 0.1) is 0 Å². The molecule has 3 heterocycles. The van der Waals surface area contributed by atoms with Crippen molar-refractivity contribution < 1.29 is 0 Å². The van der Waals surface area contributed by atoms with Crippen molar-refractivity contribution in [2.75, 3.05) is 5.32 Å². The van der Waals surface area contributed by atoms with Gasteiger partial charge in [-0.15, -0.1) is 11.3 Å². The third-order valence-electron chi connectivity index (χ3n) is 17.8. The van der Waals surface area contributed by atoms with Crippen LogP contribution in [0.3, 0.4) is 0 Å². The van der Waals surface area contributed by atoms with Crippen LogP contribution in [0.15, 0.2) is 133 Å². The van der Waals surface area contributed by atoms with Gasteiger partial charge in [-0.25, -0.2) is 0 Å². The van der Waals surface area contributed by atoms with Gasteiger partial charge in [0, 0.05) is 69.9 Å². The zero-order chi connectivity index (χ0) is 48.2. The van der Waals surface area contributed by atoms with Gasteiger partial charge in [0.2, 0.25) is 0 Å². The quantitative estimate of drug-likeness (QED) is 0.175. The van der Waals surface area contributed by atoms with Crippen LogP contribution >= 0.6 is 11.3 Å². The predicted octanol–water partition coefficient (Wildman–Crippen LogP) is 16.8. The van der Waals surface area contributed by atoms with Crippen molar-refractivity contribution in [1.82, 2.24) is 4.57 Å². The number of benzene rings is 8. The molecular weight excluding hydrogens is 864 g/mol. The van der Waals surface area contributed by atoms with Crippen molar-refractivity contribution >= 4 is 82.9 Å². The largest absolute Gasteiger partial charge is 0.355 e. The summed E-state index contributed by atoms with van der Waals surface area (Å²) in [5, 5.41) is 9.57. The molecule has 1 aliphatic heterocycles. The maximum absolute atomic E-state index is 4.11. The Balaban J connectivity index is 1.16. The second-order valence-corrected chi connectivity index (χ2v) is 25.7. The molecule has 0 saturated heterocycles. The van der Waals surface area contributed by atoms with Crippen LogP contribution in [0.1, 0.15) is 128 Å². The molecule has 0 atom stereocenters. The Hall–Kier alpha value is -6.36. The zero-order valence-electron chi connectivity index (χ0n) is 42.5. The molecule has 0 fully saturated rings. The van der Waals surface area contributed by atoms with Gasteiger partial charge in [-0.3, -0.25) is 0 Å². The van der Waals surface area contributed by atoms with Gasteiger partial charge in [0.15, 0.2) is 7.28 Å². The Morgan fingerprint density at radius 1 is 0.543 bits per heavy atom. The first-order chi connectivity index (χ1) is 33.3. The highest BCUT2D eigenvalue weighted by Crippen LogP contribution is 2.56. The van der Waals surface area contributed by atoms with Crippen LogP contribution < -0.4 is 16.2 Å². The summed E-state index contributed by atoms with van der Waals surface area (Å²) in [5.74, 6) is 0. The van der Waals surface area contributed by atoms with Gasteiger partial charge in [-0.1, -0.05) is 167 Å². The van der Waals surface area contributed by atoms with Crippen LogP contribution in [-0.2, 0) is 27.1 Å². The van der Waals surface area contributed by atoms with E-state index >= 15 is 0 Å². The van der Waals surface area contributed by atoms with Gasteiger partial charge in [0.05, 0.1) is 5.52 Å². The molecule has 4 aliphatic rings. The molecule has 0 amide bonds. The lowest BCUT2D eigenvalue weighted by Crippen LogP contribution is -2.38. The molecule has 0 bridgehead atoms. The fraction of sp³-hybridized carbons (Fsp3) is 0.273. The average Bonchev–Trinajstić information content (AvgIpc) is 4.01. The van der Waals surface area contributed by atoms with E-state index in [1.807, 2.05) is 11.3 Å². The smallest absolute Gasteiger partial charge is 0.197 e. The van der Waals surface area contributed by atoms with E-state index in [1.54, 1.807) is 0 Å². The zero-order valence-corrected chi connectivity index (χ0v) is 43.4. The van der Waals surface area contributed by atoms with E-state index in [-0.39, 0.29) is 27.1 Å². The van der Waals surface area contributed by atoms with Gasteiger partial charge in [0.25, 0.3) is 0 Å². The van der Waals surface area contributed by atoms with Crippen molar-refractivity contribution in [3.8, 4) is 39.1 Å². The van der Waals surface area contributed by atoms with Gasteiger partial charge >= 0.3 is 0 Å². The van der Waals surface area contributed by atoms with E-state index in [2.05, 4.69) is 227 Å². The van der Waals surface area contributed by atoms with E-state index in [1.165, 1.54) is 144 Å². The topological polar surface area (TPSA) is 17.0 Å². The second-order valence-electron chi connectivity index (χ2n) is 24.7. The van der Waals surface area contributed by atoms with E-state index in [4.69, 9.17) is 0 Å². The summed E-state index contributed by atoms with van der Waals surface area (Å²) in [6.07, 6.45) is 2.35. The lowest BCUT2D eigenvalue weighted by Gasteiger charge is -2.42. The first-order valence-corrected chi connectivity index (χ1v) is 26.4. The fourth-order valence-electron chi connectivity index (χ4n) is 13.7. The first kappa shape index (κ1) is 42.5. The number of fused-ring (bicyclic) bond motifs is 16. The Morgan fingerprint density at radius 3 is 1.81 bits per heavy atom. The minimum Gasteiger partial charge on any atom is -0.355 e. The van der Waals surface area contributed by atoms with Crippen molar-refractivity contribution in [3.05, 3.63) is 172 Å². The van der Waals surface area contributed by atoms with Crippen molar-refractivity contribution in [2.45, 2.75) is 116 Å². The Kier molecular flexibility index (Phi) is 8.34. The van der Waals surface area contributed by atoms with Gasteiger partial charge in [0.1, 0.15) is 0 Å². The minimum atomic E-state index is -0.162. The summed E-state index contributed by atoms with van der Waals surface area (Å²) >= 11 is 1.97. The highest BCUT2D eigenvalue weighted by molar-refractivity contribution is 7.26. The van der Waals surface area contributed by atoms with Crippen LogP contribution in [-0.4, -0.2) is 11.8 Å². The highest BCUT2D eigenvalue weighted by Gasteiger charge is 2.42. The van der Waals surface area contributed by atoms with Gasteiger partial charge < -0.3 is 9.88 Å². The third kappa shape index (κ3) is 5.58. The molecule has 3 aliphatic carbocycles. The molecule has 14 rings (SSSR count). The van der Waals surface area contributed by atoms with E-state index < -0.39 is 0 Å². The number of nitrogens with one attached hydrogen (secondary N) is 1. The molecule has 1 radical (unpaired) electrons. The maximum atomic E-state index is 4.11. The number of nitrogens with zero attached hydrogens (tertiary/aromatic N) is 1. The molecule has 343 valence electrons. The summed E-state index contributed by atoms with van der Waals surface area (Å²) in [4.78, 5) is 0. The van der Waals surface area contributed by atoms with Gasteiger partial charge in [-0.05, 0) is 150 Å². The molecule has 2 aromatic heterocycles. The Labute approximate surface area is 418 Å². The van der Waals surface area contributed by atoms with Crippen LogP contribution in [0.2, 0.25) is 0 Å². The predicted molar refractivity (Wildman–Crippen MR) is 303 cm³/mol. The van der Waals surface area contributed by atoms with E-state index in [0.29, 0.717) is 0 Å². The first-order valence-electron chi connectivity index (χ1n) is 25.6. The van der Waals surface area contributed by atoms with Crippen molar-refractivity contribution in [2.24, 2.45) is 0 Å². The summed E-state index contributed by atoms with van der Waals surface area (Å²) in [6, 6.07) is 52.1. The number of hydrogen-bond acceptors (Lipinski definition) is 2. The Morgan fingerprint density at radius 2 is 1.14 bits per heavy atom. The molecule has 10 aromatic rings. The molecule has 8 aromatic carbocycles. The maximum Gasteiger partial charge on any atom is 0.197 e. The standard InChI is InChI=1S/C66H60BN2S/c1-62(2,3)36-24-26-37(27-25-36)68-52-34-48-41(38-18-12-15-21-45(38)66(48,10)11)30-43(52)58-59-60-56(57-40-20-14-17-23-55(40)70-61(57)58)44-31-49-50(64(6,7)29-28-63(49,4)5)35-53(44)69(60)54-32-42-39-19-13-16-22-46(39)65(8,9)47(42)33-51(54)67-59/h12-27,30-35,68H,28-29H2,1-11H3. The lowest BCUT2D eigenvalue weighted by molar-refractivity contribution is 0.332. The molecule has 1 N–H and O–H groups in total. The Bertz CT molecular complexity index is 3970. The summed E-state index contributed by atoms with van der Waals surface area (Å²) in [7, 11) is 2.59. The monoisotopic (exact) mass is 923 g/mol. The number of thiophene rings is 1. The average molecular weight is 924 g/mol. The molecule has 0 spiro atoms. The third-order valence-corrected chi connectivity index (χ3v) is 19.0. The minimum absolute atomic E-state index is 0.0544. The summed E-state index contributed by atoms with van der Waals surface area (Å²) < 4.78 is 5.40. The molecule has 0 unspecified atom stereocenters. The summed E-state index contributed by atoms with van der Waals surface area (Å²) in [5.41, 5.74) is 26.5. The lowest BCUT2D eigenvalue weighted by atomic mass is 9.58. The van der Waals surface area contributed by atoms with Crippen LogP contribution in [0.4, 0.5) is 11.4 Å².